The number of carbonyl (C=O) groups is 1. The van der Waals surface area contributed by atoms with Gasteiger partial charge in [-0.15, -0.1) is 0 Å². The maximum Gasteiger partial charge on any atom is 0.250 e. The molecule has 0 aliphatic heterocycles. The Morgan fingerprint density at radius 2 is 1.69 bits per heavy atom. The first-order valence-electron chi connectivity index (χ1n) is 8.04. The van der Waals surface area contributed by atoms with Gasteiger partial charge in [0.25, 0.3) is 5.91 Å². The van der Waals surface area contributed by atoms with E-state index in [1.165, 1.54) is 0 Å². The molecule has 0 spiro atoms. The Bertz CT molecular complexity index is 1070. The minimum absolute atomic E-state index is 0.396. The van der Waals surface area contributed by atoms with Gasteiger partial charge in [-0.1, -0.05) is 30.3 Å². The largest absolute Gasteiger partial charge is 0.366 e. The third-order valence-electron chi connectivity index (χ3n) is 3.89. The molecule has 4 rings (SSSR count). The van der Waals surface area contributed by atoms with Gasteiger partial charge in [-0.2, -0.15) is 9.97 Å². The van der Waals surface area contributed by atoms with E-state index in [2.05, 4.69) is 25.6 Å². The number of amides is 1. The normalized spacial score (nSPS) is 10.6. The third-order valence-corrected chi connectivity index (χ3v) is 3.89. The number of anilines is 4. The Kier molecular flexibility index (Phi) is 3.95. The van der Waals surface area contributed by atoms with Crippen molar-refractivity contribution in [2.45, 2.75) is 0 Å². The summed E-state index contributed by atoms with van der Waals surface area (Å²) in [6, 6.07) is 18.6. The van der Waals surface area contributed by atoms with Crippen molar-refractivity contribution < 1.29 is 4.79 Å². The first-order valence-corrected chi connectivity index (χ1v) is 8.04. The summed E-state index contributed by atoms with van der Waals surface area (Å²) < 4.78 is 0. The Labute approximate surface area is 149 Å². The summed E-state index contributed by atoms with van der Waals surface area (Å²) >= 11 is 0. The van der Waals surface area contributed by atoms with Crippen LogP contribution < -0.4 is 16.4 Å². The van der Waals surface area contributed by atoms with Crippen LogP contribution in [0.5, 0.6) is 0 Å². The number of benzene rings is 2. The van der Waals surface area contributed by atoms with Crippen LogP contribution in [-0.4, -0.2) is 20.9 Å². The topological polar surface area (TPSA) is 109 Å². The van der Waals surface area contributed by atoms with E-state index in [1.54, 1.807) is 24.4 Å². The van der Waals surface area contributed by atoms with Gasteiger partial charge in [0.1, 0.15) is 11.5 Å². The molecule has 2 heterocycles. The van der Waals surface area contributed by atoms with Crippen molar-refractivity contribution in [3.63, 3.8) is 0 Å². The maximum absolute atomic E-state index is 11.7. The highest BCUT2D eigenvalue weighted by atomic mass is 16.1. The number of primary amides is 1. The molecule has 2 aromatic carbocycles. The molecular weight excluding hydrogens is 328 g/mol. The van der Waals surface area contributed by atoms with E-state index >= 15 is 0 Å². The maximum atomic E-state index is 11.7. The van der Waals surface area contributed by atoms with E-state index in [9.17, 15) is 4.79 Å². The second-order valence-electron chi connectivity index (χ2n) is 5.66. The molecule has 4 aromatic rings. The molecule has 0 aliphatic rings. The number of para-hydroxylation sites is 2. The molecule has 128 valence electrons. The van der Waals surface area contributed by atoms with Gasteiger partial charge >= 0.3 is 0 Å². The molecule has 7 heteroatoms. The van der Waals surface area contributed by atoms with Gasteiger partial charge in [0.2, 0.25) is 5.95 Å². The van der Waals surface area contributed by atoms with Crippen molar-refractivity contribution in [1.29, 1.82) is 0 Å². The van der Waals surface area contributed by atoms with Gasteiger partial charge in [0.05, 0.1) is 16.6 Å². The molecule has 26 heavy (non-hydrogen) atoms. The van der Waals surface area contributed by atoms with E-state index in [-0.39, 0.29) is 0 Å². The van der Waals surface area contributed by atoms with Gasteiger partial charge in [-0.3, -0.25) is 4.79 Å². The fourth-order valence-electron chi connectivity index (χ4n) is 2.68. The van der Waals surface area contributed by atoms with Gasteiger partial charge in [0.15, 0.2) is 0 Å². The average Bonchev–Trinajstić information content (AvgIpc) is 3.12. The van der Waals surface area contributed by atoms with E-state index in [0.29, 0.717) is 28.7 Å². The number of hydrogen-bond donors (Lipinski definition) is 4. The van der Waals surface area contributed by atoms with Crippen LogP contribution in [0.3, 0.4) is 0 Å². The molecule has 0 bridgehead atoms. The van der Waals surface area contributed by atoms with E-state index in [1.807, 2.05) is 42.5 Å². The SMILES string of the molecule is NC(=O)c1ccccc1Nc1nc(Nc2ccccc2)nc2[nH]ccc12. The molecule has 2 aromatic heterocycles. The molecule has 0 saturated carbocycles. The highest BCUT2D eigenvalue weighted by Gasteiger charge is 2.13. The molecule has 0 aliphatic carbocycles. The molecule has 5 N–H and O–H groups in total. The number of nitrogens with two attached hydrogens (primary N) is 1. The van der Waals surface area contributed by atoms with Crippen molar-refractivity contribution in [3.05, 3.63) is 72.4 Å². The monoisotopic (exact) mass is 344 g/mol. The van der Waals surface area contributed by atoms with Crippen molar-refractivity contribution in [1.82, 2.24) is 15.0 Å². The zero-order valence-electron chi connectivity index (χ0n) is 13.7. The number of fused-ring (bicyclic) bond motifs is 1. The van der Waals surface area contributed by atoms with E-state index < -0.39 is 5.91 Å². The lowest BCUT2D eigenvalue weighted by Gasteiger charge is -2.12. The molecule has 0 fully saturated rings. The minimum Gasteiger partial charge on any atom is -0.366 e. The zero-order chi connectivity index (χ0) is 17.9. The van der Waals surface area contributed by atoms with Crippen LogP contribution in [0.2, 0.25) is 0 Å². The van der Waals surface area contributed by atoms with E-state index in [0.717, 1.165) is 11.1 Å². The summed E-state index contributed by atoms with van der Waals surface area (Å²) in [5.41, 5.74) is 8.00. The van der Waals surface area contributed by atoms with Crippen molar-refractivity contribution in [2.75, 3.05) is 10.6 Å². The molecule has 1 amide bonds. The van der Waals surface area contributed by atoms with Crippen LogP contribution in [0.1, 0.15) is 10.4 Å². The summed E-state index contributed by atoms with van der Waals surface area (Å²) in [5, 5.41) is 7.18. The number of rotatable bonds is 5. The number of nitrogens with one attached hydrogen (secondary N) is 3. The standard InChI is InChI=1S/C19H16N6O/c20-16(26)13-8-4-5-9-15(13)23-18-14-10-11-21-17(14)24-19(25-18)22-12-6-2-1-3-7-12/h1-11H,(H2,20,26)(H3,21,22,23,24,25). The number of H-pyrrole nitrogens is 1. The predicted octanol–water partition coefficient (Wildman–Crippen LogP) is 3.54. The molecule has 0 saturated heterocycles. The second kappa shape index (κ2) is 6.56. The predicted molar refractivity (Wildman–Crippen MR) is 102 cm³/mol. The summed E-state index contributed by atoms with van der Waals surface area (Å²) in [6.07, 6.45) is 1.79. The molecule has 0 unspecified atom stereocenters. The van der Waals surface area contributed by atoms with Crippen LogP contribution in [-0.2, 0) is 0 Å². The zero-order valence-corrected chi connectivity index (χ0v) is 13.7. The van der Waals surface area contributed by atoms with E-state index in [4.69, 9.17) is 5.73 Å². The van der Waals surface area contributed by atoms with Gasteiger partial charge in [-0.25, -0.2) is 0 Å². The Morgan fingerprint density at radius 3 is 2.50 bits per heavy atom. The van der Waals surface area contributed by atoms with Crippen LogP contribution in [0, 0.1) is 0 Å². The third kappa shape index (κ3) is 3.05. The van der Waals surface area contributed by atoms with Crippen LogP contribution in [0.15, 0.2) is 66.9 Å². The van der Waals surface area contributed by atoms with Crippen molar-refractivity contribution in [2.24, 2.45) is 5.73 Å². The van der Waals surface area contributed by atoms with Gasteiger partial charge in [-0.05, 0) is 30.3 Å². The minimum atomic E-state index is -0.505. The molecule has 7 nitrogen and oxygen atoms in total. The number of nitrogens with zero attached hydrogens (tertiary/aromatic N) is 2. The first-order chi connectivity index (χ1) is 12.7. The number of aromatic nitrogens is 3. The lowest BCUT2D eigenvalue weighted by atomic mass is 10.1. The summed E-state index contributed by atoms with van der Waals surface area (Å²) in [5.74, 6) is 0.503. The fraction of sp³-hybridized carbons (Fsp3) is 0. The molecule has 0 radical (unpaired) electrons. The Hall–Kier alpha value is -3.87. The summed E-state index contributed by atoms with van der Waals surface area (Å²) in [7, 11) is 0. The summed E-state index contributed by atoms with van der Waals surface area (Å²) in [6.45, 7) is 0. The van der Waals surface area contributed by atoms with Crippen molar-refractivity contribution in [3.8, 4) is 0 Å². The number of aromatic amines is 1. The first kappa shape index (κ1) is 15.6. The number of carbonyl (C=O) groups excluding carboxylic acids is 1. The van der Waals surface area contributed by atoms with Crippen LogP contribution in [0.25, 0.3) is 11.0 Å². The van der Waals surface area contributed by atoms with Crippen LogP contribution in [0.4, 0.5) is 23.1 Å². The van der Waals surface area contributed by atoms with Crippen molar-refractivity contribution >= 4 is 40.1 Å². The van der Waals surface area contributed by atoms with Crippen LogP contribution >= 0.6 is 0 Å². The Balaban J connectivity index is 1.75. The lowest BCUT2D eigenvalue weighted by molar-refractivity contribution is 0.100. The van der Waals surface area contributed by atoms with Gasteiger partial charge < -0.3 is 21.4 Å². The highest BCUT2D eigenvalue weighted by molar-refractivity contribution is 6.00. The smallest absolute Gasteiger partial charge is 0.250 e. The van der Waals surface area contributed by atoms with Gasteiger partial charge in [0, 0.05) is 11.9 Å². The molecular formula is C19H16N6O. The molecule has 0 atom stereocenters. The second-order valence-corrected chi connectivity index (χ2v) is 5.66. The number of hydrogen-bond acceptors (Lipinski definition) is 5. The lowest BCUT2D eigenvalue weighted by Crippen LogP contribution is -2.13. The highest BCUT2D eigenvalue weighted by Crippen LogP contribution is 2.27. The quantitative estimate of drug-likeness (QED) is 0.443. The summed E-state index contributed by atoms with van der Waals surface area (Å²) in [4.78, 5) is 23.8. The average molecular weight is 344 g/mol. The Morgan fingerprint density at radius 1 is 0.923 bits per heavy atom. The fourth-order valence-corrected chi connectivity index (χ4v) is 2.68.